The van der Waals surface area contributed by atoms with Crippen LogP contribution in [-0.2, 0) is 33.3 Å². The van der Waals surface area contributed by atoms with Gasteiger partial charge in [-0.1, -0.05) is 32.9 Å². The Balaban J connectivity index is 1.99. The van der Waals surface area contributed by atoms with Crippen molar-refractivity contribution in [2.45, 2.75) is 60.5 Å². The second-order valence-electron chi connectivity index (χ2n) is 12.0. The van der Waals surface area contributed by atoms with E-state index in [1.807, 2.05) is 32.9 Å². The van der Waals surface area contributed by atoms with Crippen LogP contribution in [0, 0.1) is 39.9 Å². The summed E-state index contributed by atoms with van der Waals surface area (Å²) in [5.41, 5.74) is -1.84. The summed E-state index contributed by atoms with van der Waals surface area (Å²) >= 11 is 0. The second-order valence-corrected chi connectivity index (χ2v) is 12.0. The van der Waals surface area contributed by atoms with Gasteiger partial charge in [-0.3, -0.25) is 9.59 Å². The van der Waals surface area contributed by atoms with E-state index in [4.69, 9.17) is 18.9 Å². The van der Waals surface area contributed by atoms with Crippen LogP contribution in [0.1, 0.15) is 54.4 Å². The van der Waals surface area contributed by atoms with E-state index < -0.39 is 34.2 Å². The van der Waals surface area contributed by atoms with Gasteiger partial charge in [0.1, 0.15) is 18.3 Å². The van der Waals surface area contributed by atoms with Crippen LogP contribution in [0.4, 0.5) is 0 Å². The molecule has 0 saturated heterocycles. The molecule has 1 saturated carbocycles. The number of ether oxygens (including phenoxy) is 4. The molecule has 0 amide bonds. The predicted molar refractivity (Wildman–Crippen MR) is 128 cm³/mol. The van der Waals surface area contributed by atoms with Crippen molar-refractivity contribution in [2.24, 2.45) is 39.9 Å². The normalized spacial score (nSPS) is 34.2. The number of hydrogen-bond donors (Lipinski definition) is 1. The van der Waals surface area contributed by atoms with E-state index in [9.17, 15) is 19.5 Å². The van der Waals surface area contributed by atoms with E-state index in [0.717, 1.165) is 0 Å². The fraction of sp³-hybridized carbons (Fsp3) is 0.741. The van der Waals surface area contributed by atoms with Crippen LogP contribution in [0.2, 0.25) is 0 Å². The molecular formula is C27H40O8. The fourth-order valence-electron chi connectivity index (χ4n) is 6.43. The number of carbonyl (C=O) groups excluding carboxylic acids is 3. The van der Waals surface area contributed by atoms with Gasteiger partial charge in [-0.05, 0) is 38.5 Å². The number of methoxy groups -OCH3 is 2. The maximum Gasteiger partial charge on any atom is 0.337 e. The van der Waals surface area contributed by atoms with Crippen LogP contribution >= 0.6 is 0 Å². The molecule has 196 valence electrons. The maximum atomic E-state index is 13.7. The molecule has 0 aliphatic heterocycles. The molecule has 0 aromatic rings. The van der Waals surface area contributed by atoms with E-state index in [1.165, 1.54) is 14.2 Å². The Morgan fingerprint density at radius 3 is 2.37 bits per heavy atom. The standard InChI is InChI=1S/C27H40O8/c1-25(2,3)24(31)34-13-15-11-18(28)20-16(21(15)35-14-32-7)9-10-19-26(4,5)22(29)17(23(30)33-8)12-27(19,20)6/h9-10,15-16,19-21,29H,11-14H2,1-8H3/t15-,16-,19-,20+,21+,27-/m1/s1. The summed E-state index contributed by atoms with van der Waals surface area (Å²) in [5.74, 6) is -2.09. The van der Waals surface area contributed by atoms with Crippen molar-refractivity contribution in [3.63, 3.8) is 0 Å². The molecule has 0 unspecified atom stereocenters. The molecular weight excluding hydrogens is 452 g/mol. The van der Waals surface area contributed by atoms with Crippen LogP contribution in [-0.4, -0.2) is 56.6 Å². The Morgan fingerprint density at radius 2 is 1.80 bits per heavy atom. The van der Waals surface area contributed by atoms with Crippen LogP contribution in [0.15, 0.2) is 23.5 Å². The number of hydrogen-bond acceptors (Lipinski definition) is 8. The number of ketones is 1. The lowest BCUT2D eigenvalue weighted by molar-refractivity contribution is -0.178. The van der Waals surface area contributed by atoms with Crippen molar-refractivity contribution in [1.82, 2.24) is 0 Å². The summed E-state index contributed by atoms with van der Waals surface area (Å²) in [4.78, 5) is 38.7. The lowest BCUT2D eigenvalue weighted by Crippen LogP contribution is -2.59. The Bertz CT molecular complexity index is 924. The minimum absolute atomic E-state index is 0.0114. The average molecular weight is 493 g/mol. The van der Waals surface area contributed by atoms with Crippen molar-refractivity contribution < 1.29 is 38.4 Å². The molecule has 3 aliphatic rings. The SMILES string of the molecule is COCO[C@H]1[C@@H](COC(=O)C(C)(C)C)CC(=O)[C@@H]2[C@H]1C=C[C@@H]1C(C)(C)C(O)=C(C(=O)OC)C[C@@]21C. The lowest BCUT2D eigenvalue weighted by atomic mass is 9.46. The van der Waals surface area contributed by atoms with Crippen LogP contribution in [0.5, 0.6) is 0 Å². The van der Waals surface area contributed by atoms with Gasteiger partial charge < -0.3 is 24.1 Å². The highest BCUT2D eigenvalue weighted by Gasteiger charge is 2.61. The van der Waals surface area contributed by atoms with Crippen molar-refractivity contribution >= 4 is 17.7 Å². The summed E-state index contributed by atoms with van der Waals surface area (Å²) < 4.78 is 21.8. The molecule has 8 nitrogen and oxygen atoms in total. The monoisotopic (exact) mass is 492 g/mol. The summed E-state index contributed by atoms with van der Waals surface area (Å²) in [7, 11) is 2.82. The quantitative estimate of drug-likeness (QED) is 0.337. The third kappa shape index (κ3) is 4.79. The first-order valence-electron chi connectivity index (χ1n) is 12.2. The molecule has 0 bridgehead atoms. The van der Waals surface area contributed by atoms with Gasteiger partial charge in [0.05, 0.1) is 30.8 Å². The van der Waals surface area contributed by atoms with Crippen molar-refractivity contribution in [1.29, 1.82) is 0 Å². The molecule has 3 rings (SSSR count). The number of esters is 2. The number of aliphatic hydroxyl groups is 1. The third-order valence-corrected chi connectivity index (χ3v) is 8.07. The second kappa shape index (κ2) is 9.69. The Labute approximate surface area is 208 Å². The highest BCUT2D eigenvalue weighted by atomic mass is 16.7. The highest BCUT2D eigenvalue weighted by Crippen LogP contribution is 2.62. The van der Waals surface area contributed by atoms with Gasteiger partial charge in [-0.15, -0.1) is 0 Å². The molecule has 6 atom stereocenters. The summed E-state index contributed by atoms with van der Waals surface area (Å²) in [5, 5.41) is 11.0. The zero-order valence-electron chi connectivity index (χ0n) is 22.2. The van der Waals surface area contributed by atoms with Gasteiger partial charge in [0, 0.05) is 36.7 Å². The topological polar surface area (TPSA) is 108 Å². The number of rotatable bonds is 6. The minimum atomic E-state index is -0.764. The summed E-state index contributed by atoms with van der Waals surface area (Å²) in [6.45, 7) is 11.3. The molecule has 1 fully saturated rings. The predicted octanol–water partition coefficient (Wildman–Crippen LogP) is 3.99. The molecule has 0 aromatic heterocycles. The van der Waals surface area contributed by atoms with E-state index >= 15 is 0 Å². The first-order valence-corrected chi connectivity index (χ1v) is 12.2. The first-order chi connectivity index (χ1) is 16.2. The Hall–Kier alpha value is -2.19. The largest absolute Gasteiger partial charge is 0.511 e. The Kier molecular flexibility index (Phi) is 7.59. The van der Waals surface area contributed by atoms with E-state index in [2.05, 4.69) is 0 Å². The number of carbonyl (C=O) groups is 3. The number of aliphatic hydroxyl groups excluding tert-OH is 1. The maximum absolute atomic E-state index is 13.7. The highest BCUT2D eigenvalue weighted by molar-refractivity contribution is 5.90. The van der Waals surface area contributed by atoms with Gasteiger partial charge in [0.2, 0.25) is 0 Å². The first kappa shape index (κ1) is 27.4. The van der Waals surface area contributed by atoms with Gasteiger partial charge in [0.25, 0.3) is 0 Å². The lowest BCUT2D eigenvalue weighted by Gasteiger charge is -2.58. The van der Waals surface area contributed by atoms with E-state index in [1.54, 1.807) is 20.8 Å². The molecule has 0 heterocycles. The summed E-state index contributed by atoms with van der Waals surface area (Å²) in [6.07, 6.45) is 4.05. The van der Waals surface area contributed by atoms with Crippen molar-refractivity contribution in [2.75, 3.05) is 27.6 Å². The number of Topliss-reactive ketones (excluding diaryl/α,β-unsaturated/α-hetero) is 1. The van der Waals surface area contributed by atoms with Gasteiger partial charge in [-0.25, -0.2) is 4.79 Å². The van der Waals surface area contributed by atoms with Crippen molar-refractivity contribution in [3.8, 4) is 0 Å². The zero-order chi connectivity index (χ0) is 26.3. The summed E-state index contributed by atoms with van der Waals surface area (Å²) in [6, 6.07) is 0. The smallest absolute Gasteiger partial charge is 0.337 e. The third-order valence-electron chi connectivity index (χ3n) is 8.07. The number of allylic oxidation sites excluding steroid dienone is 2. The van der Waals surface area contributed by atoms with Gasteiger partial charge in [0.15, 0.2) is 0 Å². The van der Waals surface area contributed by atoms with E-state index in [0.29, 0.717) is 0 Å². The van der Waals surface area contributed by atoms with Crippen LogP contribution in [0.25, 0.3) is 0 Å². The molecule has 0 spiro atoms. The van der Waals surface area contributed by atoms with E-state index in [-0.39, 0.29) is 67.1 Å². The molecule has 3 aliphatic carbocycles. The molecule has 1 N–H and O–H groups in total. The molecule has 0 radical (unpaired) electrons. The fourth-order valence-corrected chi connectivity index (χ4v) is 6.43. The zero-order valence-corrected chi connectivity index (χ0v) is 22.2. The molecule has 8 heteroatoms. The minimum Gasteiger partial charge on any atom is -0.511 e. The van der Waals surface area contributed by atoms with Gasteiger partial charge in [-0.2, -0.15) is 0 Å². The average Bonchev–Trinajstić information content (AvgIpc) is 2.77. The Morgan fingerprint density at radius 1 is 1.14 bits per heavy atom. The van der Waals surface area contributed by atoms with Gasteiger partial charge >= 0.3 is 11.9 Å². The molecule has 35 heavy (non-hydrogen) atoms. The van der Waals surface area contributed by atoms with Crippen LogP contribution < -0.4 is 0 Å². The van der Waals surface area contributed by atoms with Crippen molar-refractivity contribution in [3.05, 3.63) is 23.5 Å². The number of fused-ring (bicyclic) bond motifs is 3. The molecule has 0 aromatic carbocycles. The van der Waals surface area contributed by atoms with Crippen LogP contribution in [0.3, 0.4) is 0 Å².